The van der Waals surface area contributed by atoms with Crippen molar-refractivity contribution in [2.75, 3.05) is 15.9 Å². The van der Waals surface area contributed by atoms with Gasteiger partial charge in [-0.3, -0.25) is 9.10 Å². The number of hydrogen-bond donors (Lipinski definition) is 1. The maximum absolute atomic E-state index is 12.5. The molecular formula is C21H16Cl4N2O3S. The zero-order chi connectivity index (χ0) is 22.8. The smallest absolute Gasteiger partial charge is 0.255 e. The first-order valence-electron chi connectivity index (χ1n) is 8.83. The van der Waals surface area contributed by atoms with E-state index in [1.54, 1.807) is 30.3 Å². The van der Waals surface area contributed by atoms with Crippen molar-refractivity contribution in [3.8, 4) is 0 Å². The third-order valence-corrected chi connectivity index (χ3v) is 6.76. The summed E-state index contributed by atoms with van der Waals surface area (Å²) in [5.74, 6) is -0.407. The molecule has 31 heavy (non-hydrogen) atoms. The number of carbonyl (C=O) groups excluding carboxylic acids is 1. The van der Waals surface area contributed by atoms with Crippen molar-refractivity contribution in [2.45, 2.75) is 6.54 Å². The first-order valence-corrected chi connectivity index (χ1v) is 12.2. The Morgan fingerprint density at radius 2 is 1.52 bits per heavy atom. The Bertz CT molecular complexity index is 1210. The summed E-state index contributed by atoms with van der Waals surface area (Å²) in [6.45, 7) is -0.0523. The zero-order valence-electron chi connectivity index (χ0n) is 16.1. The molecule has 0 spiro atoms. The van der Waals surface area contributed by atoms with Crippen LogP contribution in [0.2, 0.25) is 20.1 Å². The van der Waals surface area contributed by atoms with Crippen LogP contribution in [0, 0.1) is 0 Å². The van der Waals surface area contributed by atoms with Crippen LogP contribution >= 0.6 is 46.4 Å². The molecule has 3 aromatic carbocycles. The van der Waals surface area contributed by atoms with E-state index >= 15 is 0 Å². The van der Waals surface area contributed by atoms with Crippen LogP contribution in [0.3, 0.4) is 0 Å². The second kappa shape index (κ2) is 9.67. The van der Waals surface area contributed by atoms with Crippen molar-refractivity contribution < 1.29 is 13.2 Å². The average Bonchev–Trinajstić information content (AvgIpc) is 2.69. The maximum atomic E-state index is 12.5. The van der Waals surface area contributed by atoms with E-state index in [2.05, 4.69) is 5.32 Å². The molecule has 5 nitrogen and oxygen atoms in total. The van der Waals surface area contributed by atoms with E-state index < -0.39 is 15.9 Å². The second-order valence-corrected chi connectivity index (χ2v) is 10.2. The van der Waals surface area contributed by atoms with E-state index in [9.17, 15) is 13.2 Å². The van der Waals surface area contributed by atoms with Gasteiger partial charge in [0.15, 0.2) is 0 Å². The number of sulfonamides is 1. The van der Waals surface area contributed by atoms with Crippen LogP contribution in [0.4, 0.5) is 11.4 Å². The molecule has 0 saturated heterocycles. The first kappa shape index (κ1) is 23.7. The summed E-state index contributed by atoms with van der Waals surface area (Å²) in [5, 5.41) is 4.16. The Morgan fingerprint density at radius 3 is 2.06 bits per heavy atom. The Morgan fingerprint density at radius 1 is 0.903 bits per heavy atom. The number of nitrogens with one attached hydrogen (secondary N) is 1. The van der Waals surface area contributed by atoms with Crippen LogP contribution in [0.25, 0.3) is 0 Å². The Kier molecular flexibility index (Phi) is 7.39. The van der Waals surface area contributed by atoms with Gasteiger partial charge in [0.05, 0.1) is 29.2 Å². The van der Waals surface area contributed by atoms with Gasteiger partial charge in [-0.2, -0.15) is 0 Å². The molecular weight excluding hydrogens is 502 g/mol. The molecule has 0 aromatic heterocycles. The number of carbonyl (C=O) groups is 1. The van der Waals surface area contributed by atoms with E-state index in [-0.39, 0.29) is 6.54 Å². The lowest BCUT2D eigenvalue weighted by Gasteiger charge is -2.23. The van der Waals surface area contributed by atoms with E-state index in [1.807, 2.05) is 0 Å². The summed E-state index contributed by atoms with van der Waals surface area (Å²) >= 11 is 24.3. The number of amides is 1. The Hall–Kier alpha value is -1.96. The minimum Gasteiger partial charge on any atom is -0.321 e. The lowest BCUT2D eigenvalue weighted by atomic mass is 10.1. The van der Waals surface area contributed by atoms with Crippen LogP contribution in [-0.4, -0.2) is 20.6 Å². The second-order valence-electron chi connectivity index (χ2n) is 6.60. The van der Waals surface area contributed by atoms with Gasteiger partial charge in [0.1, 0.15) is 0 Å². The summed E-state index contributed by atoms with van der Waals surface area (Å²) in [5.41, 5.74) is 1.57. The van der Waals surface area contributed by atoms with Gasteiger partial charge in [-0.15, -0.1) is 0 Å². The van der Waals surface area contributed by atoms with Gasteiger partial charge in [-0.1, -0.05) is 52.5 Å². The molecule has 10 heteroatoms. The van der Waals surface area contributed by atoms with Crippen LogP contribution in [0.5, 0.6) is 0 Å². The standard InChI is InChI=1S/C21H16Cl4N2O3S/c1-31(29,30)27(12-16-17(23)3-2-4-18(16)24)15-8-5-13(6-9-15)21(28)26-20-10-7-14(22)11-19(20)25/h2-11H,12H2,1H3,(H,26,28). The molecule has 3 aromatic rings. The number of nitrogens with zero attached hydrogens (tertiary/aromatic N) is 1. The predicted molar refractivity (Wildman–Crippen MR) is 128 cm³/mol. The largest absolute Gasteiger partial charge is 0.321 e. The first-order chi connectivity index (χ1) is 14.6. The molecule has 3 rings (SSSR count). The highest BCUT2D eigenvalue weighted by Crippen LogP contribution is 2.30. The minimum atomic E-state index is -3.66. The topological polar surface area (TPSA) is 66.5 Å². The highest BCUT2D eigenvalue weighted by atomic mass is 35.5. The molecule has 0 fully saturated rings. The van der Waals surface area contributed by atoms with Gasteiger partial charge in [0, 0.05) is 26.2 Å². The molecule has 0 atom stereocenters. The highest BCUT2D eigenvalue weighted by molar-refractivity contribution is 7.92. The highest BCUT2D eigenvalue weighted by Gasteiger charge is 2.21. The molecule has 0 aliphatic heterocycles. The van der Waals surface area contributed by atoms with E-state index in [4.69, 9.17) is 46.4 Å². The fourth-order valence-corrected chi connectivity index (χ4v) is 4.63. The predicted octanol–water partition coefficient (Wildman–Crippen LogP) is 6.52. The molecule has 0 radical (unpaired) electrons. The van der Waals surface area contributed by atoms with E-state index in [1.165, 1.54) is 30.3 Å². The summed E-state index contributed by atoms with van der Waals surface area (Å²) in [4.78, 5) is 12.5. The quantitative estimate of drug-likeness (QED) is 0.404. The van der Waals surface area contributed by atoms with Gasteiger partial charge in [0.25, 0.3) is 5.91 Å². The molecule has 1 N–H and O–H groups in total. The summed E-state index contributed by atoms with van der Waals surface area (Å²) in [6.07, 6.45) is 1.08. The summed E-state index contributed by atoms with van der Waals surface area (Å²) in [6, 6.07) is 15.8. The number of benzene rings is 3. The molecule has 0 aliphatic carbocycles. The third-order valence-electron chi connectivity index (χ3n) is 4.36. The molecule has 0 unspecified atom stereocenters. The fraction of sp³-hybridized carbons (Fsp3) is 0.0952. The van der Waals surface area contributed by atoms with Crippen molar-refractivity contribution in [1.82, 2.24) is 0 Å². The summed E-state index contributed by atoms with van der Waals surface area (Å²) < 4.78 is 26.0. The van der Waals surface area contributed by atoms with E-state index in [0.29, 0.717) is 42.6 Å². The minimum absolute atomic E-state index is 0.0523. The van der Waals surface area contributed by atoms with Crippen molar-refractivity contribution in [3.05, 3.63) is 91.9 Å². The van der Waals surface area contributed by atoms with Gasteiger partial charge in [-0.25, -0.2) is 8.42 Å². The third kappa shape index (κ3) is 5.84. The lowest BCUT2D eigenvalue weighted by molar-refractivity contribution is 0.102. The van der Waals surface area contributed by atoms with E-state index in [0.717, 1.165) is 10.6 Å². The summed E-state index contributed by atoms with van der Waals surface area (Å²) in [7, 11) is -3.66. The molecule has 0 heterocycles. The molecule has 1 amide bonds. The Balaban J connectivity index is 1.85. The van der Waals surface area contributed by atoms with Crippen molar-refractivity contribution in [3.63, 3.8) is 0 Å². The van der Waals surface area contributed by atoms with Crippen LogP contribution in [0.15, 0.2) is 60.7 Å². The number of hydrogen-bond acceptors (Lipinski definition) is 3. The molecule has 162 valence electrons. The maximum Gasteiger partial charge on any atom is 0.255 e. The van der Waals surface area contributed by atoms with Gasteiger partial charge >= 0.3 is 0 Å². The fourth-order valence-electron chi connectivity index (χ4n) is 2.79. The van der Waals surface area contributed by atoms with Crippen molar-refractivity contribution in [2.24, 2.45) is 0 Å². The number of halogens is 4. The van der Waals surface area contributed by atoms with Crippen molar-refractivity contribution in [1.29, 1.82) is 0 Å². The monoisotopic (exact) mass is 516 g/mol. The van der Waals surface area contributed by atoms with Gasteiger partial charge < -0.3 is 5.32 Å². The van der Waals surface area contributed by atoms with Gasteiger partial charge in [-0.05, 0) is 54.6 Å². The number of anilines is 2. The average molecular weight is 518 g/mol. The normalized spacial score (nSPS) is 11.3. The van der Waals surface area contributed by atoms with Gasteiger partial charge in [0.2, 0.25) is 10.0 Å². The number of rotatable bonds is 6. The van der Waals surface area contributed by atoms with Crippen molar-refractivity contribution >= 4 is 73.7 Å². The molecule has 0 bridgehead atoms. The van der Waals surface area contributed by atoms with Crippen LogP contribution in [-0.2, 0) is 16.6 Å². The SMILES string of the molecule is CS(=O)(=O)N(Cc1c(Cl)cccc1Cl)c1ccc(C(=O)Nc2ccc(Cl)cc2Cl)cc1. The zero-order valence-corrected chi connectivity index (χ0v) is 19.9. The lowest BCUT2D eigenvalue weighted by Crippen LogP contribution is -2.29. The molecule has 0 saturated carbocycles. The molecule has 0 aliphatic rings. The van der Waals surface area contributed by atoms with Crippen LogP contribution in [0.1, 0.15) is 15.9 Å². The van der Waals surface area contributed by atoms with Crippen LogP contribution < -0.4 is 9.62 Å². The Labute approximate surface area is 200 Å².